The van der Waals surface area contributed by atoms with Crippen molar-refractivity contribution >= 4 is 21.8 Å². The number of hydrogen-bond acceptors (Lipinski definition) is 1. The summed E-state index contributed by atoms with van der Waals surface area (Å²) in [5, 5.41) is 3.21. The van der Waals surface area contributed by atoms with Crippen LogP contribution in [-0.2, 0) is 11.3 Å². The molecule has 0 radical (unpaired) electrons. The molecule has 1 amide bonds. The van der Waals surface area contributed by atoms with E-state index < -0.39 is 0 Å². The molecule has 4 aliphatic carbocycles. The van der Waals surface area contributed by atoms with Crippen molar-refractivity contribution in [3.05, 3.63) is 24.5 Å². The van der Waals surface area contributed by atoms with Gasteiger partial charge in [-0.05, 0) is 62.5 Å². The number of halogens is 1. The molecule has 4 saturated carbocycles. The van der Waals surface area contributed by atoms with E-state index in [0.717, 1.165) is 44.2 Å². The molecule has 1 N–H and O–H groups in total. The number of carbonyl (C=O) groups excluding carboxylic acids is 1. The summed E-state index contributed by atoms with van der Waals surface area (Å²) in [6.45, 7) is 1.60. The van der Waals surface area contributed by atoms with E-state index >= 15 is 0 Å². The van der Waals surface area contributed by atoms with Gasteiger partial charge in [-0.1, -0.05) is 15.9 Å². The molecule has 4 heteroatoms. The Balaban J connectivity index is 1.42. The first-order chi connectivity index (χ1) is 10.1. The highest BCUT2D eigenvalue weighted by molar-refractivity contribution is 9.10. The first kappa shape index (κ1) is 13.9. The van der Waals surface area contributed by atoms with E-state index in [1.54, 1.807) is 0 Å². The van der Waals surface area contributed by atoms with Crippen molar-refractivity contribution in [2.75, 3.05) is 6.54 Å². The Bertz CT molecular complexity index is 525. The molecule has 1 aromatic heterocycles. The summed E-state index contributed by atoms with van der Waals surface area (Å²) in [5.74, 6) is 1.84. The number of alkyl halides is 1. The third-order valence-electron chi connectivity index (χ3n) is 5.79. The zero-order chi connectivity index (χ0) is 14.5. The number of amides is 1. The quantitative estimate of drug-likeness (QED) is 0.830. The number of rotatable bonds is 4. The topological polar surface area (TPSA) is 34.0 Å². The van der Waals surface area contributed by atoms with Crippen LogP contribution in [0.5, 0.6) is 0 Å². The fraction of sp³-hybridized carbons (Fsp3) is 0.706. The molecule has 4 fully saturated rings. The van der Waals surface area contributed by atoms with Gasteiger partial charge >= 0.3 is 0 Å². The zero-order valence-corrected chi connectivity index (χ0v) is 13.9. The maximum Gasteiger partial charge on any atom is 0.226 e. The minimum Gasteiger partial charge on any atom is -0.354 e. The molecule has 4 aliphatic rings. The van der Waals surface area contributed by atoms with Crippen LogP contribution < -0.4 is 5.32 Å². The lowest BCUT2D eigenvalue weighted by Gasteiger charge is -2.59. The second-order valence-electron chi connectivity index (χ2n) is 7.57. The number of nitrogens with one attached hydrogen (secondary N) is 1. The summed E-state index contributed by atoms with van der Waals surface area (Å²) in [7, 11) is 0. The van der Waals surface area contributed by atoms with Crippen LogP contribution in [0, 0.1) is 17.3 Å². The van der Waals surface area contributed by atoms with E-state index in [4.69, 9.17) is 0 Å². The maximum atomic E-state index is 12.8. The minimum absolute atomic E-state index is 0.0791. The fourth-order valence-corrected chi connectivity index (χ4v) is 6.87. The van der Waals surface area contributed by atoms with Crippen molar-refractivity contribution in [1.82, 2.24) is 9.88 Å². The van der Waals surface area contributed by atoms with Crippen molar-refractivity contribution in [3.63, 3.8) is 0 Å². The molecule has 21 heavy (non-hydrogen) atoms. The van der Waals surface area contributed by atoms with E-state index in [9.17, 15) is 4.79 Å². The first-order valence-electron chi connectivity index (χ1n) is 8.15. The lowest BCUT2D eigenvalue weighted by molar-refractivity contribution is -0.144. The predicted molar refractivity (Wildman–Crippen MR) is 86.2 cm³/mol. The van der Waals surface area contributed by atoms with Gasteiger partial charge in [-0.15, -0.1) is 0 Å². The molecule has 0 spiro atoms. The van der Waals surface area contributed by atoms with E-state index in [1.807, 2.05) is 24.5 Å². The van der Waals surface area contributed by atoms with Crippen LogP contribution in [0.2, 0.25) is 0 Å². The van der Waals surface area contributed by atoms with Gasteiger partial charge in [-0.25, -0.2) is 0 Å². The van der Waals surface area contributed by atoms with Crippen molar-refractivity contribution in [2.45, 2.75) is 49.4 Å². The molecule has 1 heterocycles. The summed E-state index contributed by atoms with van der Waals surface area (Å²) < 4.78 is 2.38. The Labute approximate surface area is 134 Å². The third-order valence-corrected chi connectivity index (χ3v) is 6.72. The molecular weight excluding hydrogens is 328 g/mol. The van der Waals surface area contributed by atoms with Gasteiger partial charge < -0.3 is 9.88 Å². The third kappa shape index (κ3) is 2.45. The summed E-state index contributed by atoms with van der Waals surface area (Å²) >= 11 is 3.98. The summed E-state index contributed by atoms with van der Waals surface area (Å²) in [5.41, 5.74) is -0.0791. The zero-order valence-electron chi connectivity index (χ0n) is 12.4. The highest BCUT2D eigenvalue weighted by atomic mass is 79.9. The molecule has 0 aliphatic heterocycles. The summed E-state index contributed by atoms with van der Waals surface area (Å²) in [6.07, 6.45) is 11.3. The second-order valence-corrected chi connectivity index (χ2v) is 9.25. The van der Waals surface area contributed by atoms with Gasteiger partial charge in [0.05, 0.1) is 5.41 Å². The lowest BCUT2D eigenvalue weighted by Crippen LogP contribution is -2.58. The second kappa shape index (κ2) is 4.87. The SMILES string of the molecule is O=C(NCCn1cccc1)C12CC3CC(CC(Br)(C3)C1)C2. The Kier molecular flexibility index (Phi) is 3.21. The molecule has 0 aromatic carbocycles. The van der Waals surface area contributed by atoms with Crippen LogP contribution in [0.25, 0.3) is 0 Å². The van der Waals surface area contributed by atoms with E-state index in [1.165, 1.54) is 19.3 Å². The van der Waals surface area contributed by atoms with Gasteiger partial charge in [0.1, 0.15) is 0 Å². The molecular formula is C17H23BrN2O. The van der Waals surface area contributed by atoms with Crippen LogP contribution in [-0.4, -0.2) is 21.3 Å². The van der Waals surface area contributed by atoms with Gasteiger partial charge in [0, 0.05) is 29.8 Å². The van der Waals surface area contributed by atoms with Crippen LogP contribution in [0.15, 0.2) is 24.5 Å². The summed E-state index contributed by atoms with van der Waals surface area (Å²) in [6, 6.07) is 4.05. The molecule has 5 rings (SSSR count). The van der Waals surface area contributed by atoms with Crippen molar-refractivity contribution in [3.8, 4) is 0 Å². The van der Waals surface area contributed by atoms with Crippen molar-refractivity contribution < 1.29 is 4.79 Å². The van der Waals surface area contributed by atoms with Crippen molar-refractivity contribution in [2.24, 2.45) is 17.3 Å². The monoisotopic (exact) mass is 350 g/mol. The molecule has 1 aromatic rings. The van der Waals surface area contributed by atoms with E-state index in [-0.39, 0.29) is 9.74 Å². The number of hydrogen-bond donors (Lipinski definition) is 1. The van der Waals surface area contributed by atoms with E-state index in [2.05, 4.69) is 25.8 Å². The average molecular weight is 351 g/mol. The first-order valence-corrected chi connectivity index (χ1v) is 8.94. The van der Waals surface area contributed by atoms with Gasteiger partial charge in [0.25, 0.3) is 0 Å². The standard InChI is InChI=1S/C17H23BrN2O/c18-17-10-13-7-14(11-17)9-16(8-13,12-17)15(21)19-3-6-20-4-1-2-5-20/h1-2,4-5,13-14H,3,6-12H2,(H,19,21). The Morgan fingerprint density at radius 2 is 1.86 bits per heavy atom. The highest BCUT2D eigenvalue weighted by Crippen LogP contribution is 2.64. The minimum atomic E-state index is -0.0791. The van der Waals surface area contributed by atoms with Gasteiger partial charge in [-0.2, -0.15) is 0 Å². The van der Waals surface area contributed by atoms with Crippen LogP contribution >= 0.6 is 15.9 Å². The van der Waals surface area contributed by atoms with Crippen LogP contribution in [0.4, 0.5) is 0 Å². The summed E-state index contributed by atoms with van der Waals surface area (Å²) in [4.78, 5) is 12.8. The van der Waals surface area contributed by atoms with Crippen LogP contribution in [0.1, 0.15) is 38.5 Å². The predicted octanol–water partition coefficient (Wildman–Crippen LogP) is 3.34. The van der Waals surface area contributed by atoms with Crippen molar-refractivity contribution in [1.29, 1.82) is 0 Å². The van der Waals surface area contributed by atoms with Gasteiger partial charge in [0.2, 0.25) is 5.91 Å². The molecule has 0 saturated heterocycles. The van der Waals surface area contributed by atoms with E-state index in [0.29, 0.717) is 5.91 Å². The number of carbonyl (C=O) groups is 1. The highest BCUT2D eigenvalue weighted by Gasteiger charge is 2.59. The average Bonchev–Trinajstić information content (AvgIpc) is 2.88. The largest absolute Gasteiger partial charge is 0.354 e. The molecule has 114 valence electrons. The Morgan fingerprint density at radius 3 is 2.48 bits per heavy atom. The van der Waals surface area contributed by atoms with Gasteiger partial charge in [0.15, 0.2) is 0 Å². The molecule has 2 atom stereocenters. The smallest absolute Gasteiger partial charge is 0.226 e. The Hall–Kier alpha value is -0.770. The normalized spacial score (nSPS) is 40.4. The number of aromatic nitrogens is 1. The van der Waals surface area contributed by atoms with Crippen LogP contribution in [0.3, 0.4) is 0 Å². The molecule has 3 nitrogen and oxygen atoms in total. The Morgan fingerprint density at radius 1 is 1.19 bits per heavy atom. The molecule has 4 bridgehead atoms. The fourth-order valence-electron chi connectivity index (χ4n) is 5.42. The maximum absolute atomic E-state index is 12.8. The number of nitrogens with zero attached hydrogens (tertiary/aromatic N) is 1. The lowest BCUT2D eigenvalue weighted by atomic mass is 9.49. The van der Waals surface area contributed by atoms with Gasteiger partial charge in [-0.3, -0.25) is 4.79 Å². The molecule has 2 unspecified atom stereocenters.